The average molecular weight is 315 g/mol. The Bertz CT molecular complexity index is 598. The second-order valence-electron chi connectivity index (χ2n) is 4.55. The lowest BCUT2D eigenvalue weighted by molar-refractivity contribution is -0.0304. The van der Waals surface area contributed by atoms with Gasteiger partial charge in [-0.05, 0) is 24.3 Å². The molecule has 1 heterocycles. The van der Waals surface area contributed by atoms with Gasteiger partial charge in [-0.1, -0.05) is 0 Å². The molecule has 1 aromatic rings. The van der Waals surface area contributed by atoms with Crippen LogP contribution in [0.3, 0.4) is 0 Å². The van der Waals surface area contributed by atoms with Crippen LogP contribution in [0.1, 0.15) is 10.4 Å². The van der Waals surface area contributed by atoms with Crippen LogP contribution < -0.4 is 0 Å². The van der Waals surface area contributed by atoms with E-state index in [1.807, 2.05) is 0 Å². The van der Waals surface area contributed by atoms with Crippen molar-refractivity contribution in [3.05, 3.63) is 29.8 Å². The number of esters is 1. The van der Waals surface area contributed by atoms with Crippen molar-refractivity contribution < 1.29 is 27.8 Å². The number of aliphatic hydroxyl groups is 1. The highest BCUT2D eigenvalue weighted by Gasteiger charge is 2.30. The molecule has 1 N–H and O–H groups in total. The van der Waals surface area contributed by atoms with Crippen molar-refractivity contribution in [3.63, 3.8) is 0 Å². The van der Waals surface area contributed by atoms with Crippen molar-refractivity contribution in [1.29, 1.82) is 0 Å². The van der Waals surface area contributed by atoms with E-state index in [0.29, 0.717) is 0 Å². The molecule has 8 heteroatoms. The Balaban J connectivity index is 2.21. The van der Waals surface area contributed by atoms with E-state index in [2.05, 4.69) is 4.74 Å². The van der Waals surface area contributed by atoms with Crippen molar-refractivity contribution in [2.24, 2.45) is 0 Å². The highest BCUT2D eigenvalue weighted by molar-refractivity contribution is 7.89. The van der Waals surface area contributed by atoms with Gasteiger partial charge in [0.2, 0.25) is 10.0 Å². The third-order valence-electron chi connectivity index (χ3n) is 3.22. The van der Waals surface area contributed by atoms with Crippen LogP contribution >= 0.6 is 0 Å². The molecular formula is C13H17NO6S. The van der Waals surface area contributed by atoms with Gasteiger partial charge in [-0.15, -0.1) is 0 Å². The molecule has 1 aliphatic rings. The molecule has 2 rings (SSSR count). The van der Waals surface area contributed by atoms with Gasteiger partial charge in [0, 0.05) is 13.1 Å². The number of rotatable bonds is 4. The number of nitrogens with zero attached hydrogens (tertiary/aromatic N) is 1. The largest absolute Gasteiger partial charge is 0.465 e. The third kappa shape index (κ3) is 3.41. The van der Waals surface area contributed by atoms with Crippen molar-refractivity contribution in [1.82, 2.24) is 4.31 Å². The molecule has 1 fully saturated rings. The summed E-state index contributed by atoms with van der Waals surface area (Å²) in [4.78, 5) is 11.4. The highest BCUT2D eigenvalue weighted by atomic mass is 32.2. The van der Waals surface area contributed by atoms with Gasteiger partial charge >= 0.3 is 5.97 Å². The monoisotopic (exact) mass is 315 g/mol. The van der Waals surface area contributed by atoms with Gasteiger partial charge < -0.3 is 14.6 Å². The summed E-state index contributed by atoms with van der Waals surface area (Å²) in [6.07, 6.45) is -0.511. The van der Waals surface area contributed by atoms with Gasteiger partial charge in [-0.3, -0.25) is 0 Å². The summed E-state index contributed by atoms with van der Waals surface area (Å²) >= 11 is 0. The molecule has 0 saturated carbocycles. The molecule has 1 unspecified atom stereocenters. The number of carbonyl (C=O) groups is 1. The Morgan fingerprint density at radius 3 is 2.67 bits per heavy atom. The van der Waals surface area contributed by atoms with E-state index in [1.54, 1.807) is 0 Å². The molecule has 21 heavy (non-hydrogen) atoms. The Morgan fingerprint density at radius 2 is 2.10 bits per heavy atom. The minimum Gasteiger partial charge on any atom is -0.465 e. The van der Waals surface area contributed by atoms with Gasteiger partial charge in [0.15, 0.2) is 0 Å². The first-order chi connectivity index (χ1) is 9.98. The highest BCUT2D eigenvalue weighted by Crippen LogP contribution is 2.19. The maximum Gasteiger partial charge on any atom is 0.337 e. The molecular weight excluding hydrogens is 298 g/mol. The van der Waals surface area contributed by atoms with E-state index in [9.17, 15) is 13.2 Å². The predicted octanol–water partition coefficient (Wildman–Crippen LogP) is -0.145. The van der Waals surface area contributed by atoms with E-state index in [1.165, 1.54) is 35.7 Å². The van der Waals surface area contributed by atoms with Gasteiger partial charge in [0.25, 0.3) is 0 Å². The van der Waals surface area contributed by atoms with Crippen LogP contribution in [0.5, 0.6) is 0 Å². The van der Waals surface area contributed by atoms with Crippen molar-refractivity contribution >= 4 is 16.0 Å². The zero-order valence-electron chi connectivity index (χ0n) is 11.6. The lowest BCUT2D eigenvalue weighted by atomic mass is 10.2. The molecule has 0 aromatic heterocycles. The lowest BCUT2D eigenvalue weighted by Gasteiger charge is -2.31. The van der Waals surface area contributed by atoms with Crippen LogP contribution in [-0.2, 0) is 19.5 Å². The van der Waals surface area contributed by atoms with Crippen LogP contribution in [0, 0.1) is 0 Å². The third-order valence-corrected chi connectivity index (χ3v) is 5.10. The predicted molar refractivity (Wildman–Crippen MR) is 73.4 cm³/mol. The Hall–Kier alpha value is -1.48. The smallest absolute Gasteiger partial charge is 0.337 e. The van der Waals surface area contributed by atoms with Crippen molar-refractivity contribution in [3.8, 4) is 0 Å². The minimum atomic E-state index is -3.66. The van der Waals surface area contributed by atoms with E-state index >= 15 is 0 Å². The van der Waals surface area contributed by atoms with E-state index < -0.39 is 22.1 Å². The maximum atomic E-state index is 12.5. The van der Waals surface area contributed by atoms with Crippen LogP contribution in [0.25, 0.3) is 0 Å². The molecule has 0 amide bonds. The zero-order chi connectivity index (χ0) is 15.5. The number of hydrogen-bond donors (Lipinski definition) is 1. The fraction of sp³-hybridized carbons (Fsp3) is 0.462. The summed E-state index contributed by atoms with van der Waals surface area (Å²) in [5.74, 6) is -0.523. The molecule has 1 aromatic carbocycles. The van der Waals surface area contributed by atoms with Crippen LogP contribution in [0.2, 0.25) is 0 Å². The van der Waals surface area contributed by atoms with Gasteiger partial charge in [0.1, 0.15) is 0 Å². The second kappa shape index (κ2) is 6.52. The van der Waals surface area contributed by atoms with E-state index in [0.717, 1.165) is 0 Å². The summed E-state index contributed by atoms with van der Waals surface area (Å²) in [5, 5.41) is 9.07. The molecule has 0 aliphatic carbocycles. The number of aliphatic hydroxyl groups excluding tert-OH is 1. The SMILES string of the molecule is COC(=O)c1ccc(S(=O)(=O)N2CCOC(CO)C2)cc1. The number of sulfonamides is 1. The first-order valence-electron chi connectivity index (χ1n) is 6.40. The number of methoxy groups -OCH3 is 1. The summed E-state index contributed by atoms with van der Waals surface area (Å²) in [5.41, 5.74) is 0.284. The second-order valence-corrected chi connectivity index (χ2v) is 6.49. The Morgan fingerprint density at radius 1 is 1.43 bits per heavy atom. The Labute approximate surface area is 123 Å². The number of benzene rings is 1. The fourth-order valence-electron chi connectivity index (χ4n) is 2.05. The first-order valence-corrected chi connectivity index (χ1v) is 7.84. The molecule has 0 bridgehead atoms. The van der Waals surface area contributed by atoms with Crippen molar-refractivity contribution in [2.45, 2.75) is 11.0 Å². The van der Waals surface area contributed by atoms with Gasteiger partial charge in [-0.2, -0.15) is 4.31 Å². The van der Waals surface area contributed by atoms with Crippen molar-refractivity contribution in [2.75, 3.05) is 33.4 Å². The maximum absolute atomic E-state index is 12.5. The normalized spacial score (nSPS) is 20.2. The van der Waals surface area contributed by atoms with Gasteiger partial charge in [-0.25, -0.2) is 13.2 Å². The topological polar surface area (TPSA) is 93.1 Å². The summed E-state index contributed by atoms with van der Waals surface area (Å²) < 4.78 is 36.0. The standard InChI is InChI=1S/C13H17NO6S/c1-19-13(16)10-2-4-12(5-3-10)21(17,18)14-6-7-20-11(8-14)9-15/h2-5,11,15H,6-9H2,1H3. The number of hydrogen-bond acceptors (Lipinski definition) is 6. The molecule has 1 aliphatic heterocycles. The zero-order valence-corrected chi connectivity index (χ0v) is 12.4. The number of carbonyl (C=O) groups excluding carboxylic acids is 1. The molecule has 116 valence electrons. The number of morpholine rings is 1. The quantitative estimate of drug-likeness (QED) is 0.777. The summed E-state index contributed by atoms with van der Waals surface area (Å²) in [6, 6.07) is 5.54. The van der Waals surface area contributed by atoms with Gasteiger partial charge in [0.05, 0.1) is 36.9 Å². The van der Waals surface area contributed by atoms with Crippen LogP contribution in [0.4, 0.5) is 0 Å². The van der Waals surface area contributed by atoms with Crippen LogP contribution in [-0.4, -0.2) is 63.3 Å². The molecule has 7 nitrogen and oxygen atoms in total. The van der Waals surface area contributed by atoms with E-state index in [4.69, 9.17) is 9.84 Å². The lowest BCUT2D eigenvalue weighted by Crippen LogP contribution is -2.46. The van der Waals surface area contributed by atoms with Crippen LogP contribution in [0.15, 0.2) is 29.2 Å². The summed E-state index contributed by atoms with van der Waals surface area (Å²) in [7, 11) is -2.40. The Kier molecular flexibility index (Phi) is 4.94. The number of ether oxygens (including phenoxy) is 2. The first kappa shape index (κ1) is 15.9. The minimum absolute atomic E-state index is 0.0914. The average Bonchev–Trinajstić information content (AvgIpc) is 2.54. The molecule has 1 saturated heterocycles. The molecule has 1 atom stereocenters. The van der Waals surface area contributed by atoms with E-state index in [-0.39, 0.29) is 36.8 Å². The molecule has 0 radical (unpaired) electrons. The fourth-order valence-corrected chi connectivity index (χ4v) is 3.51. The molecule has 0 spiro atoms. The summed E-state index contributed by atoms with van der Waals surface area (Å²) in [6.45, 7) is 0.354.